The van der Waals surface area contributed by atoms with Crippen LogP contribution >= 0.6 is 0 Å². The van der Waals surface area contributed by atoms with E-state index < -0.39 is 0 Å². The van der Waals surface area contributed by atoms with E-state index in [0.29, 0.717) is 0 Å². The van der Waals surface area contributed by atoms with Gasteiger partial charge in [-0.1, -0.05) is 178 Å². The molecule has 1 aromatic heterocycles. The summed E-state index contributed by atoms with van der Waals surface area (Å²) in [5, 5.41) is 15.0. The molecule has 0 bridgehead atoms. The number of fused-ring (bicyclic) bond motifs is 13. The number of hydrogen-bond donors (Lipinski definition) is 0. The van der Waals surface area contributed by atoms with E-state index in [0.717, 1.165) is 11.2 Å². The maximum atomic E-state index is 6.59. The van der Waals surface area contributed by atoms with Crippen LogP contribution < -0.4 is 0 Å². The van der Waals surface area contributed by atoms with Crippen LogP contribution in [0.1, 0.15) is 25.0 Å². The molecule has 12 aromatic rings. The summed E-state index contributed by atoms with van der Waals surface area (Å²) in [6, 6.07) is 71.8. The average molecular weight is 763 g/mol. The van der Waals surface area contributed by atoms with Gasteiger partial charge in [-0.3, -0.25) is 0 Å². The Bertz CT molecular complexity index is 3740. The largest absolute Gasteiger partial charge is 0.456 e. The van der Waals surface area contributed by atoms with Crippen LogP contribution in [0.4, 0.5) is 0 Å². The van der Waals surface area contributed by atoms with E-state index in [4.69, 9.17) is 4.42 Å². The smallest absolute Gasteiger partial charge is 0.135 e. The van der Waals surface area contributed by atoms with Gasteiger partial charge in [0.2, 0.25) is 0 Å². The molecule has 1 aliphatic rings. The maximum Gasteiger partial charge on any atom is 0.135 e. The number of hydrogen-bond acceptors (Lipinski definition) is 1. The zero-order valence-electron chi connectivity index (χ0n) is 33.4. The molecule has 0 saturated carbocycles. The Morgan fingerprint density at radius 2 is 0.867 bits per heavy atom. The molecule has 0 unspecified atom stereocenters. The second-order valence-electron chi connectivity index (χ2n) is 17.2. The zero-order valence-corrected chi connectivity index (χ0v) is 33.4. The highest BCUT2D eigenvalue weighted by molar-refractivity contribution is 6.24. The van der Waals surface area contributed by atoms with Crippen LogP contribution in [0.3, 0.4) is 0 Å². The molecule has 280 valence electrons. The lowest BCUT2D eigenvalue weighted by Gasteiger charge is -2.22. The van der Waals surface area contributed by atoms with Crippen molar-refractivity contribution in [3.8, 4) is 44.5 Å². The summed E-state index contributed by atoms with van der Waals surface area (Å²) in [6.07, 6.45) is 0. The van der Waals surface area contributed by atoms with E-state index in [1.165, 1.54) is 120 Å². The van der Waals surface area contributed by atoms with Gasteiger partial charge in [-0.05, 0) is 140 Å². The van der Waals surface area contributed by atoms with Gasteiger partial charge in [0, 0.05) is 16.2 Å². The molecule has 0 amide bonds. The molecule has 0 N–H and O–H groups in total. The summed E-state index contributed by atoms with van der Waals surface area (Å²) in [4.78, 5) is 0. The van der Waals surface area contributed by atoms with Crippen molar-refractivity contribution < 1.29 is 4.42 Å². The van der Waals surface area contributed by atoms with Crippen LogP contribution in [-0.2, 0) is 5.41 Å². The Morgan fingerprint density at radius 3 is 1.60 bits per heavy atom. The van der Waals surface area contributed by atoms with E-state index in [2.05, 4.69) is 208 Å². The van der Waals surface area contributed by atoms with Crippen LogP contribution in [0, 0.1) is 0 Å². The van der Waals surface area contributed by atoms with Gasteiger partial charge < -0.3 is 4.42 Å². The second kappa shape index (κ2) is 12.3. The van der Waals surface area contributed by atoms with Crippen molar-refractivity contribution in [2.24, 2.45) is 0 Å². The zero-order chi connectivity index (χ0) is 39.7. The predicted molar refractivity (Wildman–Crippen MR) is 255 cm³/mol. The fourth-order valence-corrected chi connectivity index (χ4v) is 10.9. The summed E-state index contributed by atoms with van der Waals surface area (Å²) in [5.74, 6) is 0. The van der Waals surface area contributed by atoms with Gasteiger partial charge >= 0.3 is 0 Å². The summed E-state index contributed by atoms with van der Waals surface area (Å²) in [5.41, 5.74) is 14.6. The molecule has 0 fully saturated rings. The summed E-state index contributed by atoms with van der Waals surface area (Å²) >= 11 is 0. The first-order chi connectivity index (χ1) is 29.5. The highest BCUT2D eigenvalue weighted by atomic mass is 16.3. The van der Waals surface area contributed by atoms with Gasteiger partial charge in [0.05, 0.1) is 0 Å². The third kappa shape index (κ3) is 4.63. The molecule has 0 atom stereocenters. The molecular formula is C59H38O. The summed E-state index contributed by atoms with van der Waals surface area (Å²) in [6.45, 7) is 4.74. The quantitative estimate of drug-likeness (QED) is 0.163. The monoisotopic (exact) mass is 762 g/mol. The fourth-order valence-electron chi connectivity index (χ4n) is 10.9. The highest BCUT2D eigenvalue weighted by Crippen LogP contribution is 2.55. The lowest BCUT2D eigenvalue weighted by Crippen LogP contribution is -2.15. The lowest BCUT2D eigenvalue weighted by molar-refractivity contribution is 0.657. The molecule has 11 aromatic carbocycles. The third-order valence-corrected chi connectivity index (χ3v) is 13.6. The normalized spacial score (nSPS) is 13.3. The lowest BCUT2D eigenvalue weighted by atomic mass is 9.80. The Hall–Kier alpha value is -7.48. The van der Waals surface area contributed by atoms with Crippen LogP contribution in [0.25, 0.3) is 120 Å². The SMILES string of the molecule is CC1(C)c2ccc3ccccc3c2-c2ccc3oc4ccc(-c5ccc6cc(-c7c8ccccc8c(-c8cccc9ccccc89)c8ccccc78)ccc6c5)cc4c3c21. The van der Waals surface area contributed by atoms with Gasteiger partial charge in [0.1, 0.15) is 11.2 Å². The number of furan rings is 1. The molecule has 0 radical (unpaired) electrons. The molecular weight excluding hydrogens is 725 g/mol. The molecule has 1 aliphatic carbocycles. The molecule has 1 heterocycles. The molecule has 0 saturated heterocycles. The van der Waals surface area contributed by atoms with Crippen molar-refractivity contribution in [1.29, 1.82) is 0 Å². The molecule has 1 nitrogen and oxygen atoms in total. The maximum absolute atomic E-state index is 6.59. The standard InChI is InChI=1S/C59H38O/c1-59(2)51-29-26-36-13-4-6-16-43(36)56(51)49-28-31-53-57(58(49)59)50-34-40(27-30-52(50)60-53)38-22-23-39-33-41(25-24-37(39)32-38)54-45-17-7-9-19-47(45)55(48-20-10-8-18-46(48)54)44-21-11-14-35-12-3-5-15-42(35)44/h3-34H,1-2H3. The topological polar surface area (TPSA) is 13.1 Å². The van der Waals surface area contributed by atoms with E-state index >= 15 is 0 Å². The Morgan fingerprint density at radius 1 is 0.333 bits per heavy atom. The predicted octanol–water partition coefficient (Wildman–Crippen LogP) is 16.7. The van der Waals surface area contributed by atoms with E-state index in [1.54, 1.807) is 0 Å². The second-order valence-corrected chi connectivity index (χ2v) is 17.2. The fraction of sp³-hybridized carbons (Fsp3) is 0.0508. The minimum atomic E-state index is -0.172. The van der Waals surface area contributed by atoms with Crippen molar-refractivity contribution in [3.05, 3.63) is 205 Å². The van der Waals surface area contributed by atoms with Gasteiger partial charge in [-0.2, -0.15) is 0 Å². The van der Waals surface area contributed by atoms with Gasteiger partial charge in [0.15, 0.2) is 0 Å². The Kier molecular flexibility index (Phi) is 6.85. The summed E-state index contributed by atoms with van der Waals surface area (Å²) < 4.78 is 6.59. The first-order valence-corrected chi connectivity index (χ1v) is 21.0. The van der Waals surface area contributed by atoms with E-state index in [1.807, 2.05) is 0 Å². The first kappa shape index (κ1) is 33.5. The van der Waals surface area contributed by atoms with Crippen molar-refractivity contribution in [2.45, 2.75) is 19.3 Å². The highest BCUT2D eigenvalue weighted by Gasteiger charge is 2.39. The van der Waals surface area contributed by atoms with Crippen LogP contribution in [0.5, 0.6) is 0 Å². The van der Waals surface area contributed by atoms with Crippen molar-refractivity contribution in [3.63, 3.8) is 0 Å². The molecule has 0 spiro atoms. The van der Waals surface area contributed by atoms with E-state index in [-0.39, 0.29) is 5.41 Å². The summed E-state index contributed by atoms with van der Waals surface area (Å²) in [7, 11) is 0. The van der Waals surface area contributed by atoms with Crippen molar-refractivity contribution in [1.82, 2.24) is 0 Å². The number of benzene rings is 11. The minimum absolute atomic E-state index is 0.172. The third-order valence-electron chi connectivity index (χ3n) is 13.6. The van der Waals surface area contributed by atoms with Gasteiger partial charge in [-0.15, -0.1) is 0 Å². The molecule has 60 heavy (non-hydrogen) atoms. The molecule has 13 rings (SSSR count). The molecule has 0 aliphatic heterocycles. The van der Waals surface area contributed by atoms with Gasteiger partial charge in [0.25, 0.3) is 0 Å². The van der Waals surface area contributed by atoms with Crippen molar-refractivity contribution >= 4 is 75.8 Å². The number of rotatable bonds is 3. The molecule has 1 heteroatoms. The minimum Gasteiger partial charge on any atom is -0.456 e. The average Bonchev–Trinajstić information content (AvgIpc) is 3.78. The Labute approximate surface area is 347 Å². The first-order valence-electron chi connectivity index (χ1n) is 21.0. The van der Waals surface area contributed by atoms with Crippen LogP contribution in [-0.4, -0.2) is 0 Å². The van der Waals surface area contributed by atoms with Gasteiger partial charge in [-0.25, -0.2) is 0 Å². The van der Waals surface area contributed by atoms with E-state index in [9.17, 15) is 0 Å². The Balaban J connectivity index is 0.952. The van der Waals surface area contributed by atoms with Crippen LogP contribution in [0.2, 0.25) is 0 Å². The van der Waals surface area contributed by atoms with Crippen molar-refractivity contribution in [2.75, 3.05) is 0 Å². The van der Waals surface area contributed by atoms with Crippen LogP contribution in [0.15, 0.2) is 199 Å².